The van der Waals surface area contributed by atoms with Crippen molar-refractivity contribution < 1.29 is 19.4 Å². The Kier molecular flexibility index (Phi) is 9.48. The fourth-order valence-electron chi connectivity index (χ4n) is 4.39. The maximum Gasteiger partial charge on any atom is 0.326 e. The molecule has 0 atom stereocenters. The number of anilines is 6. The number of nitrogens with zero attached hydrogens (tertiary/aromatic N) is 4. The van der Waals surface area contributed by atoms with Gasteiger partial charge in [0.2, 0.25) is 17.8 Å². The van der Waals surface area contributed by atoms with E-state index in [9.17, 15) is 14.7 Å². The number of para-hydroxylation sites is 4. The van der Waals surface area contributed by atoms with Gasteiger partial charge in [0.15, 0.2) is 0 Å². The van der Waals surface area contributed by atoms with Gasteiger partial charge in [0.05, 0.1) is 29.9 Å². The summed E-state index contributed by atoms with van der Waals surface area (Å²) in [6.45, 7) is -0.00400. The fraction of sp³-hybridized carbons (Fsp3) is 0.0938. The summed E-state index contributed by atoms with van der Waals surface area (Å²) < 4.78 is 5.33. The number of nitrogens with one attached hydrogen (secondary N) is 3. The molecule has 0 aliphatic rings. The van der Waals surface area contributed by atoms with E-state index in [-0.39, 0.29) is 30.8 Å². The Hall–Kier alpha value is -5.68. The molecule has 0 radical (unpaired) electrons. The molecular weight excluding hydrogens is 582 g/mol. The Morgan fingerprint density at radius 3 is 2.20 bits per heavy atom. The summed E-state index contributed by atoms with van der Waals surface area (Å²) in [4.78, 5) is 39.8. The van der Waals surface area contributed by atoms with Crippen molar-refractivity contribution >= 4 is 58.5 Å². The number of hydrogen-bond acceptors (Lipinski definition) is 8. The van der Waals surface area contributed by atoms with Gasteiger partial charge in [0, 0.05) is 17.8 Å². The van der Waals surface area contributed by atoms with Crippen LogP contribution < -0.4 is 25.6 Å². The summed E-state index contributed by atoms with van der Waals surface area (Å²) in [7, 11) is 1.50. The number of carbonyl (C=O) groups is 2. The molecule has 0 saturated carbocycles. The van der Waals surface area contributed by atoms with Gasteiger partial charge in [0.25, 0.3) is 0 Å². The lowest BCUT2D eigenvalue weighted by atomic mass is 10.0. The average Bonchev–Trinajstić information content (AvgIpc) is 3.02. The van der Waals surface area contributed by atoms with Gasteiger partial charge in [-0.05, 0) is 35.9 Å². The average molecular weight is 610 g/mol. The number of carboxylic acids is 1. The van der Waals surface area contributed by atoms with Crippen molar-refractivity contribution in [2.45, 2.75) is 6.42 Å². The number of ether oxygens (including phenoxy) is 1. The van der Waals surface area contributed by atoms with Crippen LogP contribution in [-0.2, 0) is 4.79 Å². The molecule has 0 saturated heterocycles. The minimum absolute atomic E-state index is 0.00400. The Balaban J connectivity index is 1.55. The molecule has 1 aromatic heterocycles. The summed E-state index contributed by atoms with van der Waals surface area (Å²) in [5.41, 5.74) is 3.50. The predicted molar refractivity (Wildman–Crippen MR) is 171 cm³/mol. The molecule has 0 aliphatic carbocycles. The smallest absolute Gasteiger partial charge is 0.326 e. The highest BCUT2D eigenvalue weighted by Crippen LogP contribution is 2.33. The zero-order valence-electron chi connectivity index (χ0n) is 23.6. The molecule has 1 heterocycles. The number of hydrogen-bond donors (Lipinski definition) is 4. The first-order chi connectivity index (χ1) is 21.4. The van der Waals surface area contributed by atoms with Gasteiger partial charge in [-0.25, -0.2) is 4.79 Å². The van der Waals surface area contributed by atoms with Crippen LogP contribution in [0.4, 0.5) is 39.7 Å². The first-order valence-corrected chi connectivity index (χ1v) is 13.9. The lowest BCUT2D eigenvalue weighted by molar-refractivity contribution is -0.136. The molecule has 0 spiro atoms. The molecule has 44 heavy (non-hydrogen) atoms. The van der Waals surface area contributed by atoms with Gasteiger partial charge in [-0.3, -0.25) is 10.1 Å². The molecule has 0 aliphatic heterocycles. The summed E-state index contributed by atoms with van der Waals surface area (Å²) in [6.07, 6.45) is -0.229. The van der Waals surface area contributed by atoms with E-state index >= 15 is 0 Å². The summed E-state index contributed by atoms with van der Waals surface area (Å²) in [6, 6.07) is 30.7. The molecular formula is C32H28ClN7O4. The minimum Gasteiger partial charge on any atom is -0.495 e. The number of aliphatic carboxylic acids is 1. The largest absolute Gasteiger partial charge is 0.495 e. The molecule has 0 bridgehead atoms. The van der Waals surface area contributed by atoms with Gasteiger partial charge in [-0.2, -0.15) is 15.0 Å². The highest BCUT2D eigenvalue weighted by Gasteiger charge is 2.21. The number of urea groups is 1. The third-order valence-corrected chi connectivity index (χ3v) is 6.72. The molecule has 11 nitrogen and oxygen atoms in total. The molecule has 0 fully saturated rings. The normalized spacial score (nSPS) is 10.5. The quantitative estimate of drug-likeness (QED) is 0.122. The van der Waals surface area contributed by atoms with E-state index in [1.807, 2.05) is 54.6 Å². The molecule has 4 aromatic carbocycles. The first kappa shape index (κ1) is 29.8. The molecule has 4 N–H and O–H groups in total. The Bertz CT molecular complexity index is 1770. The summed E-state index contributed by atoms with van der Waals surface area (Å²) in [5.74, 6) is -0.451. The van der Waals surface area contributed by atoms with Crippen LogP contribution in [0.25, 0.3) is 11.1 Å². The van der Waals surface area contributed by atoms with Crippen LogP contribution in [0.3, 0.4) is 0 Å². The van der Waals surface area contributed by atoms with Crippen molar-refractivity contribution in [2.24, 2.45) is 0 Å². The van der Waals surface area contributed by atoms with Crippen molar-refractivity contribution in [2.75, 3.05) is 34.5 Å². The van der Waals surface area contributed by atoms with Gasteiger partial charge < -0.3 is 25.4 Å². The van der Waals surface area contributed by atoms with Crippen molar-refractivity contribution in [1.29, 1.82) is 0 Å². The van der Waals surface area contributed by atoms with Crippen molar-refractivity contribution in [3.8, 4) is 16.9 Å². The van der Waals surface area contributed by atoms with E-state index in [4.69, 9.17) is 16.3 Å². The van der Waals surface area contributed by atoms with Gasteiger partial charge in [0.1, 0.15) is 5.75 Å². The number of methoxy groups -OCH3 is 1. The number of aromatic nitrogens is 3. The van der Waals surface area contributed by atoms with E-state index in [1.165, 1.54) is 7.11 Å². The van der Waals surface area contributed by atoms with Crippen LogP contribution in [0.1, 0.15) is 6.42 Å². The third kappa shape index (κ3) is 7.39. The van der Waals surface area contributed by atoms with E-state index in [0.717, 1.165) is 11.1 Å². The van der Waals surface area contributed by atoms with E-state index in [1.54, 1.807) is 53.4 Å². The zero-order chi connectivity index (χ0) is 30.9. The lowest BCUT2D eigenvalue weighted by Gasteiger charge is -2.24. The van der Waals surface area contributed by atoms with E-state index in [2.05, 4.69) is 30.9 Å². The van der Waals surface area contributed by atoms with Crippen LogP contribution in [0.15, 0.2) is 103 Å². The number of halogens is 1. The zero-order valence-corrected chi connectivity index (χ0v) is 24.3. The molecule has 5 rings (SSSR count). The predicted octanol–water partition coefficient (Wildman–Crippen LogP) is 7.20. The summed E-state index contributed by atoms with van der Waals surface area (Å²) >= 11 is 6.52. The monoisotopic (exact) mass is 609 g/mol. The highest BCUT2D eigenvalue weighted by molar-refractivity contribution is 6.33. The highest BCUT2D eigenvalue weighted by atomic mass is 35.5. The molecule has 0 unspecified atom stereocenters. The Morgan fingerprint density at radius 2 is 1.45 bits per heavy atom. The van der Waals surface area contributed by atoms with E-state index in [0.29, 0.717) is 27.8 Å². The van der Waals surface area contributed by atoms with Crippen LogP contribution >= 0.6 is 11.6 Å². The van der Waals surface area contributed by atoms with Gasteiger partial charge in [-0.1, -0.05) is 84.4 Å². The Morgan fingerprint density at radius 1 is 0.795 bits per heavy atom. The molecule has 2 amide bonds. The van der Waals surface area contributed by atoms with Crippen LogP contribution in [0, 0.1) is 0 Å². The SMILES string of the molecule is COc1ccccc1NC(=O)Nc1nc(Nc2ccccc2-c2ccccc2)nc(N(CCC(=O)O)c2ccccc2Cl)n1. The minimum atomic E-state index is -1.01. The van der Waals surface area contributed by atoms with Crippen LogP contribution in [0.5, 0.6) is 5.75 Å². The van der Waals surface area contributed by atoms with Crippen molar-refractivity contribution in [3.05, 3.63) is 108 Å². The first-order valence-electron chi connectivity index (χ1n) is 13.5. The number of carbonyl (C=O) groups excluding carboxylic acids is 1. The van der Waals surface area contributed by atoms with Crippen LogP contribution in [0.2, 0.25) is 5.02 Å². The maximum absolute atomic E-state index is 13.1. The second-order valence-corrected chi connectivity index (χ2v) is 9.75. The summed E-state index contributed by atoms with van der Waals surface area (Å²) in [5, 5.41) is 18.5. The number of amides is 2. The lowest BCUT2D eigenvalue weighted by Crippen LogP contribution is -2.26. The fourth-order valence-corrected chi connectivity index (χ4v) is 4.63. The van der Waals surface area contributed by atoms with Crippen LogP contribution in [-0.4, -0.2) is 45.7 Å². The number of rotatable bonds is 11. The van der Waals surface area contributed by atoms with E-state index < -0.39 is 12.0 Å². The number of benzene rings is 4. The molecule has 222 valence electrons. The second kappa shape index (κ2) is 14.0. The number of carboxylic acid groups (broad SMARTS) is 1. The van der Waals surface area contributed by atoms with Crippen molar-refractivity contribution in [1.82, 2.24) is 15.0 Å². The third-order valence-electron chi connectivity index (χ3n) is 6.40. The molecule has 12 heteroatoms. The van der Waals surface area contributed by atoms with Gasteiger partial charge >= 0.3 is 12.0 Å². The second-order valence-electron chi connectivity index (χ2n) is 9.35. The van der Waals surface area contributed by atoms with Gasteiger partial charge in [-0.15, -0.1) is 0 Å². The maximum atomic E-state index is 13.1. The van der Waals surface area contributed by atoms with Crippen molar-refractivity contribution in [3.63, 3.8) is 0 Å². The standard InChI is InChI=1S/C32H28ClN7O4/c1-44-27-18-10-8-16-25(27)35-32(43)39-30-36-29(34-24-15-7-5-13-22(24)21-11-3-2-4-12-21)37-31(38-30)40(20-19-28(41)42)26-17-9-6-14-23(26)33/h2-18H,19-20H2,1H3,(H,41,42)(H3,34,35,36,37,38,39,43). The Labute approximate surface area is 258 Å². The molecule has 5 aromatic rings. The topological polar surface area (TPSA) is 142 Å².